The molecule has 3 aliphatic rings. The van der Waals surface area contributed by atoms with Crippen molar-refractivity contribution >= 4 is 29.4 Å². The second-order valence-corrected chi connectivity index (χ2v) is 8.21. The van der Waals surface area contributed by atoms with Gasteiger partial charge in [-0.25, -0.2) is 0 Å². The number of anilines is 1. The number of carbonyl (C=O) groups is 4. The number of rotatable bonds is 5. The maximum atomic E-state index is 12.9. The number of hydrogen-bond acceptors (Lipinski definition) is 8. The summed E-state index contributed by atoms with van der Waals surface area (Å²) in [5, 5.41) is 17.6. The van der Waals surface area contributed by atoms with Gasteiger partial charge in [0.05, 0.1) is 23.4 Å². The Hall–Kier alpha value is -3.60. The lowest BCUT2D eigenvalue weighted by atomic mass is 10.0. The number of nitrogens with zero attached hydrogens (tertiary/aromatic N) is 4. The fourth-order valence-electron chi connectivity index (χ4n) is 4.39. The highest BCUT2D eigenvalue weighted by atomic mass is 16.2. The Morgan fingerprint density at radius 1 is 1.03 bits per heavy atom. The van der Waals surface area contributed by atoms with E-state index in [1.165, 1.54) is 0 Å². The molecule has 11 heteroatoms. The first-order chi connectivity index (χ1) is 15.5. The number of amides is 4. The molecule has 11 nitrogen and oxygen atoms in total. The summed E-state index contributed by atoms with van der Waals surface area (Å²) in [6, 6.07) is 4.35. The molecule has 0 radical (unpaired) electrons. The van der Waals surface area contributed by atoms with Crippen LogP contribution >= 0.6 is 0 Å². The molecule has 4 amide bonds. The molecule has 0 aliphatic carbocycles. The largest absolute Gasteiger partial charge is 0.363 e. The lowest BCUT2D eigenvalue weighted by Gasteiger charge is -2.27. The van der Waals surface area contributed by atoms with Crippen LogP contribution < -0.4 is 16.0 Å². The molecule has 32 heavy (non-hydrogen) atoms. The van der Waals surface area contributed by atoms with Crippen molar-refractivity contribution in [3.63, 3.8) is 0 Å². The van der Waals surface area contributed by atoms with Crippen LogP contribution in [0, 0.1) is 0 Å². The number of nitrogens with one attached hydrogen (secondary N) is 3. The molecule has 166 valence electrons. The number of fused-ring (bicyclic) bond motifs is 1. The SMILES string of the molecule is O=C1CCC(N2C(=O)c3ccc(CNc4cnn(C5CCNCC5)n4)cc3C2=O)C(=O)N1. The van der Waals surface area contributed by atoms with E-state index in [0.717, 1.165) is 36.4 Å². The Kier molecular flexibility index (Phi) is 5.17. The Morgan fingerprint density at radius 2 is 1.81 bits per heavy atom. The minimum Gasteiger partial charge on any atom is -0.363 e. The van der Waals surface area contributed by atoms with Gasteiger partial charge in [0.1, 0.15) is 6.04 Å². The smallest absolute Gasteiger partial charge is 0.262 e. The van der Waals surface area contributed by atoms with E-state index in [-0.39, 0.29) is 30.0 Å². The van der Waals surface area contributed by atoms with Crippen LogP contribution in [0.2, 0.25) is 0 Å². The first kappa shape index (κ1) is 20.3. The molecule has 1 atom stereocenters. The predicted octanol–water partition coefficient (Wildman–Crippen LogP) is 0.216. The van der Waals surface area contributed by atoms with E-state index >= 15 is 0 Å². The highest BCUT2D eigenvalue weighted by Crippen LogP contribution is 2.28. The van der Waals surface area contributed by atoms with Gasteiger partial charge in [0.15, 0.2) is 5.82 Å². The number of imide groups is 2. The Morgan fingerprint density at radius 3 is 2.59 bits per heavy atom. The third kappa shape index (κ3) is 3.64. The zero-order valence-corrected chi connectivity index (χ0v) is 17.3. The topological polar surface area (TPSA) is 138 Å². The van der Waals surface area contributed by atoms with Crippen LogP contribution in [0.1, 0.15) is 58.0 Å². The molecule has 1 aromatic carbocycles. The van der Waals surface area contributed by atoms with Crippen LogP contribution in [-0.2, 0) is 16.1 Å². The van der Waals surface area contributed by atoms with Crippen molar-refractivity contribution in [2.75, 3.05) is 18.4 Å². The van der Waals surface area contributed by atoms with Crippen molar-refractivity contribution in [3.05, 3.63) is 41.1 Å². The van der Waals surface area contributed by atoms with Crippen LogP contribution in [0.5, 0.6) is 0 Å². The molecule has 0 spiro atoms. The van der Waals surface area contributed by atoms with Gasteiger partial charge in [-0.3, -0.25) is 29.4 Å². The summed E-state index contributed by atoms with van der Waals surface area (Å²) in [5.41, 5.74) is 1.32. The van der Waals surface area contributed by atoms with Crippen LogP contribution in [0.3, 0.4) is 0 Å². The first-order valence-electron chi connectivity index (χ1n) is 10.7. The molecular formula is C21H23N7O4. The minimum absolute atomic E-state index is 0.0943. The van der Waals surface area contributed by atoms with Crippen LogP contribution in [0.4, 0.5) is 5.82 Å². The maximum Gasteiger partial charge on any atom is 0.262 e. The highest BCUT2D eigenvalue weighted by molar-refractivity contribution is 6.23. The second kappa shape index (κ2) is 8.15. The molecule has 4 heterocycles. The summed E-state index contributed by atoms with van der Waals surface area (Å²) in [6.07, 6.45) is 3.88. The van der Waals surface area contributed by atoms with Crippen molar-refractivity contribution in [1.29, 1.82) is 0 Å². The molecule has 0 bridgehead atoms. The molecule has 2 aromatic rings. The van der Waals surface area contributed by atoms with Crippen LogP contribution in [-0.4, -0.2) is 62.7 Å². The van der Waals surface area contributed by atoms with E-state index in [0.29, 0.717) is 12.4 Å². The minimum atomic E-state index is -0.966. The third-order valence-electron chi connectivity index (χ3n) is 6.12. The molecule has 0 saturated carbocycles. The number of aromatic nitrogens is 3. The number of benzene rings is 1. The Bertz CT molecular complexity index is 1110. The van der Waals surface area contributed by atoms with E-state index in [9.17, 15) is 19.2 Å². The molecule has 1 unspecified atom stereocenters. The van der Waals surface area contributed by atoms with Gasteiger partial charge in [0, 0.05) is 13.0 Å². The average Bonchev–Trinajstić information content (AvgIpc) is 3.37. The zero-order chi connectivity index (χ0) is 22.2. The summed E-state index contributed by atoms with van der Waals surface area (Å²) in [5.74, 6) is -1.40. The summed E-state index contributed by atoms with van der Waals surface area (Å²) < 4.78 is 0. The predicted molar refractivity (Wildman–Crippen MR) is 112 cm³/mol. The lowest BCUT2D eigenvalue weighted by molar-refractivity contribution is -0.136. The molecule has 1 aromatic heterocycles. The Labute approximate surface area is 183 Å². The van der Waals surface area contributed by atoms with Gasteiger partial charge in [-0.1, -0.05) is 6.07 Å². The van der Waals surface area contributed by atoms with Crippen molar-refractivity contribution < 1.29 is 19.2 Å². The molecule has 3 aliphatic heterocycles. The third-order valence-corrected chi connectivity index (χ3v) is 6.12. The fourth-order valence-corrected chi connectivity index (χ4v) is 4.39. The second-order valence-electron chi connectivity index (χ2n) is 8.21. The van der Waals surface area contributed by atoms with Gasteiger partial charge in [0.2, 0.25) is 11.8 Å². The quantitative estimate of drug-likeness (QED) is 0.565. The van der Waals surface area contributed by atoms with Crippen molar-refractivity contribution in [2.45, 2.75) is 44.3 Å². The van der Waals surface area contributed by atoms with E-state index in [1.54, 1.807) is 29.2 Å². The number of hydrogen-bond donors (Lipinski definition) is 3. The average molecular weight is 437 g/mol. The fraction of sp³-hybridized carbons (Fsp3) is 0.429. The van der Waals surface area contributed by atoms with Gasteiger partial charge < -0.3 is 10.6 Å². The van der Waals surface area contributed by atoms with Gasteiger partial charge in [0.25, 0.3) is 11.8 Å². The van der Waals surface area contributed by atoms with Gasteiger partial charge in [-0.15, -0.1) is 5.10 Å². The summed E-state index contributed by atoms with van der Waals surface area (Å²) in [6.45, 7) is 2.30. The highest BCUT2D eigenvalue weighted by Gasteiger charge is 2.44. The standard InChI is InChI=1S/C21H23N7O4/c29-18-4-3-16(19(30)25-18)27-20(31)14-2-1-12(9-15(14)21(27)32)10-23-17-11-24-28(26-17)13-5-7-22-8-6-13/h1-2,9,11,13,16,22H,3-8,10H2,(H,23,26)(H,25,29,30). The number of piperidine rings is 2. The van der Waals surface area contributed by atoms with Crippen LogP contribution in [0.25, 0.3) is 0 Å². The molecule has 3 N–H and O–H groups in total. The number of carbonyl (C=O) groups excluding carboxylic acids is 4. The normalized spacial score (nSPS) is 21.6. The summed E-state index contributed by atoms with van der Waals surface area (Å²) in [4.78, 5) is 52.0. The molecule has 5 rings (SSSR count). The molecule has 2 fully saturated rings. The summed E-state index contributed by atoms with van der Waals surface area (Å²) >= 11 is 0. The summed E-state index contributed by atoms with van der Waals surface area (Å²) in [7, 11) is 0. The zero-order valence-electron chi connectivity index (χ0n) is 17.3. The van der Waals surface area contributed by atoms with E-state index < -0.39 is 29.7 Å². The lowest BCUT2D eigenvalue weighted by Crippen LogP contribution is -2.54. The molecular weight excluding hydrogens is 414 g/mol. The van der Waals surface area contributed by atoms with Crippen molar-refractivity contribution in [1.82, 2.24) is 30.5 Å². The van der Waals surface area contributed by atoms with Gasteiger partial charge >= 0.3 is 0 Å². The van der Waals surface area contributed by atoms with Crippen molar-refractivity contribution in [3.8, 4) is 0 Å². The van der Waals surface area contributed by atoms with Crippen LogP contribution in [0.15, 0.2) is 24.4 Å². The van der Waals surface area contributed by atoms with E-state index in [2.05, 4.69) is 26.1 Å². The van der Waals surface area contributed by atoms with Gasteiger partial charge in [-0.2, -0.15) is 9.90 Å². The monoisotopic (exact) mass is 437 g/mol. The first-order valence-corrected chi connectivity index (χ1v) is 10.7. The van der Waals surface area contributed by atoms with E-state index in [1.807, 2.05) is 0 Å². The maximum absolute atomic E-state index is 12.9. The van der Waals surface area contributed by atoms with Gasteiger partial charge in [-0.05, 0) is 50.0 Å². The Balaban J connectivity index is 1.27. The van der Waals surface area contributed by atoms with Crippen molar-refractivity contribution in [2.24, 2.45) is 0 Å². The van der Waals surface area contributed by atoms with E-state index in [4.69, 9.17) is 0 Å². The molecule has 2 saturated heterocycles.